The number of aliphatic imine (C=N–C) groups is 1. The van der Waals surface area contributed by atoms with Crippen LogP contribution in [0.3, 0.4) is 0 Å². The number of sulfone groups is 1. The molecule has 0 atom stereocenters. The maximum Gasteiger partial charge on any atom is 0.193 e. The molecule has 0 unspecified atom stereocenters. The third-order valence-electron chi connectivity index (χ3n) is 4.57. The van der Waals surface area contributed by atoms with E-state index in [2.05, 4.69) is 34.0 Å². The van der Waals surface area contributed by atoms with Crippen LogP contribution in [0, 0.1) is 0 Å². The zero-order valence-corrected chi connectivity index (χ0v) is 17.0. The van der Waals surface area contributed by atoms with Gasteiger partial charge in [-0.15, -0.1) is 0 Å². The van der Waals surface area contributed by atoms with Crippen molar-refractivity contribution in [1.29, 1.82) is 0 Å². The van der Waals surface area contributed by atoms with Crippen molar-refractivity contribution in [2.75, 3.05) is 52.1 Å². The lowest BCUT2D eigenvalue weighted by molar-refractivity contribution is 0.271. The van der Waals surface area contributed by atoms with E-state index in [1.54, 1.807) is 20.9 Å². The highest BCUT2D eigenvalue weighted by Crippen LogP contribution is 2.23. The monoisotopic (exact) mass is 360 g/mol. The van der Waals surface area contributed by atoms with Crippen molar-refractivity contribution >= 4 is 15.8 Å². The Morgan fingerprint density at radius 1 is 1.21 bits per heavy atom. The molecule has 1 N–H and O–H groups in total. The highest BCUT2D eigenvalue weighted by molar-refractivity contribution is 7.92. The summed E-state index contributed by atoms with van der Waals surface area (Å²) in [5, 5.41) is 3.40. The second kappa shape index (κ2) is 9.61. The minimum Gasteiger partial charge on any atom is -0.356 e. The molecule has 1 aliphatic heterocycles. The van der Waals surface area contributed by atoms with E-state index in [4.69, 9.17) is 0 Å². The van der Waals surface area contributed by atoms with Crippen LogP contribution in [0.25, 0.3) is 0 Å². The standard InChI is InChI=1S/C17H36N4O2S/c1-6-10-20(11-7-2)12-8-9-19-16(18-5)21-13-14-24(22,23)17(3,4)15-21/h6-15H2,1-5H3,(H,18,19). The van der Waals surface area contributed by atoms with Crippen molar-refractivity contribution in [2.45, 2.75) is 51.7 Å². The lowest BCUT2D eigenvalue weighted by Crippen LogP contribution is -2.57. The molecule has 1 aliphatic rings. The molecule has 1 saturated heterocycles. The summed E-state index contributed by atoms with van der Waals surface area (Å²) < 4.78 is 23.5. The summed E-state index contributed by atoms with van der Waals surface area (Å²) in [6.45, 7) is 13.3. The average Bonchev–Trinajstić information content (AvgIpc) is 2.51. The molecule has 6 nitrogen and oxygen atoms in total. The third kappa shape index (κ3) is 5.92. The van der Waals surface area contributed by atoms with Crippen LogP contribution in [-0.4, -0.2) is 81.0 Å². The molecular weight excluding hydrogens is 324 g/mol. The molecule has 0 bridgehead atoms. The van der Waals surface area contributed by atoms with Crippen LogP contribution < -0.4 is 5.32 Å². The molecule has 1 fully saturated rings. The number of nitrogens with one attached hydrogen (secondary N) is 1. The van der Waals surface area contributed by atoms with E-state index < -0.39 is 14.6 Å². The Hall–Kier alpha value is -0.820. The van der Waals surface area contributed by atoms with Gasteiger partial charge >= 0.3 is 0 Å². The summed E-state index contributed by atoms with van der Waals surface area (Å²) in [4.78, 5) is 8.90. The SMILES string of the molecule is CCCN(CCC)CCCNC(=NC)N1CCS(=O)(=O)C(C)(C)C1. The van der Waals surface area contributed by atoms with Gasteiger partial charge in [0, 0.05) is 26.7 Å². The number of nitrogens with zero attached hydrogens (tertiary/aromatic N) is 3. The van der Waals surface area contributed by atoms with E-state index in [0.717, 1.165) is 38.6 Å². The van der Waals surface area contributed by atoms with E-state index in [1.807, 2.05) is 0 Å². The molecule has 0 spiro atoms. The maximum absolute atomic E-state index is 12.1. The molecule has 0 radical (unpaired) electrons. The van der Waals surface area contributed by atoms with Gasteiger partial charge in [0.15, 0.2) is 15.8 Å². The zero-order chi connectivity index (χ0) is 18.2. The van der Waals surface area contributed by atoms with Crippen LogP contribution in [0.1, 0.15) is 47.0 Å². The van der Waals surface area contributed by atoms with Crippen LogP contribution >= 0.6 is 0 Å². The fourth-order valence-corrected chi connectivity index (χ4v) is 4.49. The molecule has 1 heterocycles. The van der Waals surface area contributed by atoms with E-state index >= 15 is 0 Å². The van der Waals surface area contributed by atoms with Gasteiger partial charge in [-0.05, 0) is 52.7 Å². The van der Waals surface area contributed by atoms with Crippen molar-refractivity contribution in [2.24, 2.45) is 4.99 Å². The van der Waals surface area contributed by atoms with Gasteiger partial charge in [-0.3, -0.25) is 4.99 Å². The van der Waals surface area contributed by atoms with Crippen LogP contribution in [0.4, 0.5) is 0 Å². The topological polar surface area (TPSA) is 65.0 Å². The van der Waals surface area contributed by atoms with Gasteiger partial charge in [0.2, 0.25) is 0 Å². The second-order valence-electron chi connectivity index (χ2n) is 7.17. The van der Waals surface area contributed by atoms with Crippen molar-refractivity contribution in [3.8, 4) is 0 Å². The normalized spacial score (nSPS) is 20.4. The van der Waals surface area contributed by atoms with Crippen LogP contribution in [0.2, 0.25) is 0 Å². The fourth-order valence-electron chi connectivity index (χ4n) is 3.13. The van der Waals surface area contributed by atoms with Gasteiger partial charge < -0.3 is 15.1 Å². The van der Waals surface area contributed by atoms with Crippen molar-refractivity contribution in [3.63, 3.8) is 0 Å². The summed E-state index contributed by atoms with van der Waals surface area (Å²) >= 11 is 0. The Morgan fingerprint density at radius 3 is 2.33 bits per heavy atom. The van der Waals surface area contributed by atoms with Crippen molar-refractivity contribution in [3.05, 3.63) is 0 Å². The Balaban J connectivity index is 2.46. The van der Waals surface area contributed by atoms with Crippen molar-refractivity contribution < 1.29 is 8.42 Å². The van der Waals surface area contributed by atoms with E-state index in [-0.39, 0.29) is 5.75 Å². The Morgan fingerprint density at radius 2 is 1.83 bits per heavy atom. The largest absolute Gasteiger partial charge is 0.356 e. The Kier molecular flexibility index (Phi) is 8.50. The maximum atomic E-state index is 12.1. The summed E-state index contributed by atoms with van der Waals surface area (Å²) in [7, 11) is -1.25. The number of guanidine groups is 1. The summed E-state index contributed by atoms with van der Waals surface area (Å²) in [6.07, 6.45) is 3.44. The molecule has 0 aromatic carbocycles. The minimum absolute atomic E-state index is 0.196. The molecule has 24 heavy (non-hydrogen) atoms. The quantitative estimate of drug-likeness (QED) is 0.404. The zero-order valence-electron chi connectivity index (χ0n) is 16.1. The molecule has 0 aromatic heterocycles. The second-order valence-corrected chi connectivity index (χ2v) is 9.91. The first-order chi connectivity index (χ1) is 11.3. The third-order valence-corrected chi connectivity index (χ3v) is 7.10. The van der Waals surface area contributed by atoms with Crippen LogP contribution in [0.15, 0.2) is 4.99 Å². The first-order valence-corrected chi connectivity index (χ1v) is 10.8. The Bertz CT molecular complexity index is 497. The number of hydrogen-bond donors (Lipinski definition) is 1. The van der Waals surface area contributed by atoms with Crippen LogP contribution in [-0.2, 0) is 9.84 Å². The lowest BCUT2D eigenvalue weighted by atomic mass is 10.2. The summed E-state index contributed by atoms with van der Waals surface area (Å²) in [6, 6.07) is 0. The van der Waals surface area contributed by atoms with E-state index in [9.17, 15) is 8.42 Å². The molecule has 1 rings (SSSR count). The first kappa shape index (κ1) is 21.2. The van der Waals surface area contributed by atoms with E-state index in [1.165, 1.54) is 12.8 Å². The lowest BCUT2D eigenvalue weighted by Gasteiger charge is -2.39. The Labute approximate surface area is 148 Å². The van der Waals surface area contributed by atoms with Gasteiger partial charge in [0.1, 0.15) is 0 Å². The molecule has 0 saturated carbocycles. The predicted octanol–water partition coefficient (Wildman–Crippen LogP) is 1.58. The molecular formula is C17H36N4O2S. The molecule has 7 heteroatoms. The average molecular weight is 361 g/mol. The number of hydrogen-bond acceptors (Lipinski definition) is 4. The van der Waals surface area contributed by atoms with Gasteiger partial charge in [-0.2, -0.15) is 0 Å². The van der Waals surface area contributed by atoms with Gasteiger partial charge in [-0.25, -0.2) is 8.42 Å². The smallest absolute Gasteiger partial charge is 0.193 e. The van der Waals surface area contributed by atoms with Gasteiger partial charge in [0.25, 0.3) is 0 Å². The summed E-state index contributed by atoms with van der Waals surface area (Å²) in [5.41, 5.74) is 0. The summed E-state index contributed by atoms with van der Waals surface area (Å²) in [5.74, 6) is 1.01. The molecule has 0 aliphatic carbocycles. The fraction of sp³-hybridized carbons (Fsp3) is 0.941. The molecule has 0 amide bonds. The van der Waals surface area contributed by atoms with Gasteiger partial charge in [-0.1, -0.05) is 13.8 Å². The number of rotatable bonds is 8. The minimum atomic E-state index is -3.02. The molecule has 0 aromatic rings. The first-order valence-electron chi connectivity index (χ1n) is 9.17. The molecule has 142 valence electrons. The van der Waals surface area contributed by atoms with Gasteiger partial charge in [0.05, 0.1) is 10.5 Å². The van der Waals surface area contributed by atoms with Crippen molar-refractivity contribution in [1.82, 2.24) is 15.1 Å². The highest BCUT2D eigenvalue weighted by atomic mass is 32.2. The van der Waals surface area contributed by atoms with E-state index in [0.29, 0.717) is 13.1 Å². The van der Waals surface area contributed by atoms with Crippen LogP contribution in [0.5, 0.6) is 0 Å². The predicted molar refractivity (Wildman–Crippen MR) is 102 cm³/mol. The highest BCUT2D eigenvalue weighted by Gasteiger charge is 2.40.